The maximum absolute atomic E-state index is 12.8. The van der Waals surface area contributed by atoms with Crippen LogP contribution >= 0.6 is 0 Å². The van der Waals surface area contributed by atoms with Gasteiger partial charge in [-0.15, -0.1) is 0 Å². The number of benzene rings is 2. The molecule has 1 amide bonds. The van der Waals surface area contributed by atoms with E-state index in [0.717, 1.165) is 11.1 Å². The molecule has 1 heterocycles. The topological polar surface area (TPSA) is 76.1 Å². The summed E-state index contributed by atoms with van der Waals surface area (Å²) in [5, 5.41) is 9.09. The molecule has 6 heteroatoms. The Kier molecular flexibility index (Phi) is 5.00. The van der Waals surface area contributed by atoms with E-state index in [4.69, 9.17) is 14.6 Å². The molecule has 3 rings (SSSR count). The van der Waals surface area contributed by atoms with Crippen molar-refractivity contribution in [2.24, 2.45) is 0 Å². The number of morpholine rings is 1. The molecule has 0 aliphatic carbocycles. The lowest BCUT2D eigenvalue weighted by atomic mass is 10.0. The molecule has 130 valence electrons. The third-order valence-corrected chi connectivity index (χ3v) is 4.16. The third kappa shape index (κ3) is 3.64. The first-order chi connectivity index (χ1) is 12.1. The molecule has 1 aliphatic heterocycles. The first-order valence-electron chi connectivity index (χ1n) is 7.97. The lowest BCUT2D eigenvalue weighted by Gasteiger charge is -2.31. The Hall–Kier alpha value is -2.86. The second-order valence-electron chi connectivity index (χ2n) is 5.73. The second kappa shape index (κ2) is 7.36. The fourth-order valence-corrected chi connectivity index (χ4v) is 2.85. The van der Waals surface area contributed by atoms with Gasteiger partial charge in [0.15, 0.2) is 6.10 Å². The molecule has 0 radical (unpaired) electrons. The molecule has 2 aromatic rings. The van der Waals surface area contributed by atoms with Crippen molar-refractivity contribution < 1.29 is 24.2 Å². The number of methoxy groups -OCH3 is 1. The summed E-state index contributed by atoms with van der Waals surface area (Å²) in [7, 11) is 1.59. The van der Waals surface area contributed by atoms with Crippen LogP contribution in [-0.4, -0.2) is 54.8 Å². The van der Waals surface area contributed by atoms with Crippen LogP contribution in [0.2, 0.25) is 0 Å². The molecule has 6 nitrogen and oxygen atoms in total. The highest BCUT2D eigenvalue weighted by atomic mass is 16.5. The average Bonchev–Trinajstić information content (AvgIpc) is 2.67. The minimum Gasteiger partial charge on any atom is -0.496 e. The van der Waals surface area contributed by atoms with Gasteiger partial charge in [-0.25, -0.2) is 4.79 Å². The molecule has 0 aromatic heterocycles. The van der Waals surface area contributed by atoms with Crippen molar-refractivity contribution in [2.45, 2.75) is 6.10 Å². The Morgan fingerprint density at radius 2 is 1.96 bits per heavy atom. The number of hydrogen-bond acceptors (Lipinski definition) is 4. The molecule has 1 fully saturated rings. The van der Waals surface area contributed by atoms with Gasteiger partial charge in [0.2, 0.25) is 0 Å². The van der Waals surface area contributed by atoms with Gasteiger partial charge >= 0.3 is 5.97 Å². The van der Waals surface area contributed by atoms with E-state index >= 15 is 0 Å². The summed E-state index contributed by atoms with van der Waals surface area (Å²) in [5.41, 5.74) is 2.25. The minimum atomic E-state index is -1.06. The Bertz CT molecular complexity index is 775. The molecule has 0 unspecified atom stereocenters. The smallest absolute Gasteiger partial charge is 0.334 e. The van der Waals surface area contributed by atoms with Crippen molar-refractivity contribution in [3.8, 4) is 16.9 Å². The third-order valence-electron chi connectivity index (χ3n) is 4.16. The van der Waals surface area contributed by atoms with Crippen LogP contribution in [0.5, 0.6) is 5.75 Å². The average molecular weight is 341 g/mol. The molecule has 0 bridgehead atoms. The monoisotopic (exact) mass is 341 g/mol. The number of amides is 1. The lowest BCUT2D eigenvalue weighted by Crippen LogP contribution is -2.48. The van der Waals surface area contributed by atoms with Crippen LogP contribution in [-0.2, 0) is 9.53 Å². The molecule has 0 spiro atoms. The van der Waals surface area contributed by atoms with Gasteiger partial charge in [-0.2, -0.15) is 0 Å². The van der Waals surface area contributed by atoms with Crippen molar-refractivity contribution in [3.05, 3.63) is 54.1 Å². The molecular weight excluding hydrogens is 322 g/mol. The zero-order valence-electron chi connectivity index (χ0n) is 13.8. The normalized spacial score (nSPS) is 17.2. The highest BCUT2D eigenvalue weighted by Crippen LogP contribution is 2.31. The SMILES string of the molecule is COc1ccc(C(=O)N2CCO[C@H](C(=O)O)C2)cc1-c1ccccc1. The number of carboxylic acids is 1. The second-order valence-corrected chi connectivity index (χ2v) is 5.73. The quantitative estimate of drug-likeness (QED) is 0.923. The number of carbonyl (C=O) groups excluding carboxylic acids is 1. The van der Waals surface area contributed by atoms with Gasteiger partial charge in [-0.05, 0) is 23.8 Å². The first-order valence-corrected chi connectivity index (χ1v) is 7.97. The van der Waals surface area contributed by atoms with Gasteiger partial charge in [-0.3, -0.25) is 4.79 Å². The summed E-state index contributed by atoms with van der Waals surface area (Å²) < 4.78 is 10.6. The zero-order chi connectivity index (χ0) is 17.8. The molecule has 1 aliphatic rings. The summed E-state index contributed by atoms with van der Waals surface area (Å²) in [6.45, 7) is 0.626. The van der Waals surface area contributed by atoms with E-state index in [1.807, 2.05) is 30.3 Å². The van der Waals surface area contributed by atoms with Crippen LogP contribution in [0.15, 0.2) is 48.5 Å². The van der Waals surface area contributed by atoms with E-state index in [-0.39, 0.29) is 19.1 Å². The van der Waals surface area contributed by atoms with E-state index in [2.05, 4.69) is 0 Å². The standard InChI is InChI=1S/C19H19NO5/c1-24-16-8-7-14(11-15(16)13-5-3-2-4-6-13)18(21)20-9-10-25-17(12-20)19(22)23/h2-8,11,17H,9-10,12H2,1H3,(H,22,23)/t17-/m0/s1. The predicted molar refractivity (Wildman–Crippen MR) is 91.7 cm³/mol. The van der Waals surface area contributed by atoms with E-state index in [0.29, 0.717) is 17.9 Å². The van der Waals surface area contributed by atoms with E-state index in [1.165, 1.54) is 4.90 Å². The van der Waals surface area contributed by atoms with Crippen LogP contribution in [0, 0.1) is 0 Å². The van der Waals surface area contributed by atoms with E-state index in [9.17, 15) is 9.59 Å². The first kappa shape index (κ1) is 17.0. The molecule has 1 saturated heterocycles. The van der Waals surface area contributed by atoms with Crippen LogP contribution in [0.25, 0.3) is 11.1 Å². The predicted octanol–water partition coefficient (Wildman–Crippen LogP) is 2.29. The van der Waals surface area contributed by atoms with Crippen LogP contribution in [0.3, 0.4) is 0 Å². The summed E-state index contributed by atoms with van der Waals surface area (Å²) in [4.78, 5) is 25.4. The number of aliphatic carboxylic acids is 1. The minimum absolute atomic E-state index is 0.0425. The maximum Gasteiger partial charge on any atom is 0.334 e. The molecule has 1 atom stereocenters. The Balaban J connectivity index is 1.90. The van der Waals surface area contributed by atoms with Crippen molar-refractivity contribution in [1.82, 2.24) is 4.90 Å². The molecule has 0 saturated carbocycles. The van der Waals surface area contributed by atoms with E-state index < -0.39 is 12.1 Å². The fourth-order valence-electron chi connectivity index (χ4n) is 2.85. The molecular formula is C19H19NO5. The van der Waals surface area contributed by atoms with Gasteiger partial charge in [-0.1, -0.05) is 30.3 Å². The number of ether oxygens (including phenoxy) is 2. The number of rotatable bonds is 4. The van der Waals surface area contributed by atoms with Crippen molar-refractivity contribution >= 4 is 11.9 Å². The summed E-state index contributed by atoms with van der Waals surface area (Å²) in [6, 6.07) is 14.9. The van der Waals surface area contributed by atoms with Gasteiger partial charge < -0.3 is 19.5 Å². The van der Waals surface area contributed by atoms with Crippen molar-refractivity contribution in [3.63, 3.8) is 0 Å². The molecule has 2 aromatic carbocycles. The van der Waals surface area contributed by atoms with Gasteiger partial charge in [0.25, 0.3) is 5.91 Å². The summed E-state index contributed by atoms with van der Waals surface area (Å²) in [5.74, 6) is -0.597. The zero-order valence-corrected chi connectivity index (χ0v) is 13.8. The Morgan fingerprint density at radius 3 is 2.64 bits per heavy atom. The van der Waals surface area contributed by atoms with Crippen LogP contribution in [0.4, 0.5) is 0 Å². The van der Waals surface area contributed by atoms with Gasteiger partial charge in [0.1, 0.15) is 5.75 Å². The van der Waals surface area contributed by atoms with Crippen LogP contribution < -0.4 is 4.74 Å². The number of nitrogens with zero attached hydrogens (tertiary/aromatic N) is 1. The Morgan fingerprint density at radius 1 is 1.20 bits per heavy atom. The number of hydrogen-bond donors (Lipinski definition) is 1. The largest absolute Gasteiger partial charge is 0.496 e. The maximum atomic E-state index is 12.8. The van der Waals surface area contributed by atoms with Crippen molar-refractivity contribution in [2.75, 3.05) is 26.8 Å². The highest BCUT2D eigenvalue weighted by Gasteiger charge is 2.29. The number of carboxylic acid groups (broad SMARTS) is 1. The molecule has 25 heavy (non-hydrogen) atoms. The Labute approximate surface area is 145 Å². The van der Waals surface area contributed by atoms with Crippen LogP contribution in [0.1, 0.15) is 10.4 Å². The summed E-state index contributed by atoms with van der Waals surface area (Å²) >= 11 is 0. The van der Waals surface area contributed by atoms with Crippen molar-refractivity contribution in [1.29, 1.82) is 0 Å². The number of carbonyl (C=O) groups is 2. The highest BCUT2D eigenvalue weighted by molar-refractivity contribution is 5.96. The van der Waals surface area contributed by atoms with E-state index in [1.54, 1.807) is 25.3 Å². The fraction of sp³-hybridized carbons (Fsp3) is 0.263. The summed E-state index contributed by atoms with van der Waals surface area (Å²) in [6.07, 6.45) is -0.982. The van der Waals surface area contributed by atoms with Gasteiger partial charge in [0, 0.05) is 17.7 Å². The lowest BCUT2D eigenvalue weighted by molar-refractivity contribution is -0.154. The van der Waals surface area contributed by atoms with Gasteiger partial charge in [0.05, 0.1) is 20.3 Å². The molecule has 1 N–H and O–H groups in total.